The molecule has 0 bridgehead atoms. The van der Waals surface area contributed by atoms with Gasteiger partial charge in [-0.25, -0.2) is 8.42 Å². The van der Waals surface area contributed by atoms with Crippen LogP contribution in [-0.4, -0.2) is 27.1 Å². The van der Waals surface area contributed by atoms with Gasteiger partial charge in [-0.3, -0.25) is 9.10 Å². The third kappa shape index (κ3) is 6.07. The normalized spacial score (nSPS) is 13.1. The van der Waals surface area contributed by atoms with Crippen molar-refractivity contribution in [3.63, 3.8) is 0 Å². The molecule has 0 aromatic heterocycles. The minimum absolute atomic E-state index is 0.0612. The Labute approximate surface area is 176 Å². The SMILES string of the molecule is CC(NC(=O)CN(c1ccc(Br)cc1)S(C)(=O)=O)c1ccc(C(C)(C)C)cc1. The number of nitrogens with zero attached hydrogens (tertiary/aromatic N) is 1. The molecule has 0 saturated heterocycles. The topological polar surface area (TPSA) is 66.5 Å². The second kappa shape index (κ2) is 8.66. The second-order valence-electron chi connectivity index (χ2n) is 7.91. The lowest BCUT2D eigenvalue weighted by atomic mass is 9.86. The van der Waals surface area contributed by atoms with Crippen LogP contribution in [-0.2, 0) is 20.2 Å². The van der Waals surface area contributed by atoms with Crippen LogP contribution in [0.1, 0.15) is 44.9 Å². The maximum atomic E-state index is 12.5. The van der Waals surface area contributed by atoms with Crippen molar-refractivity contribution in [3.8, 4) is 0 Å². The molecule has 0 aliphatic rings. The summed E-state index contributed by atoms with van der Waals surface area (Å²) in [6, 6.07) is 14.7. The molecule has 2 rings (SSSR count). The first-order valence-corrected chi connectivity index (χ1v) is 11.6. The molecule has 28 heavy (non-hydrogen) atoms. The predicted molar refractivity (Wildman–Crippen MR) is 118 cm³/mol. The fraction of sp³-hybridized carbons (Fsp3) is 0.381. The number of rotatable bonds is 6. The molecule has 5 nitrogen and oxygen atoms in total. The monoisotopic (exact) mass is 466 g/mol. The fourth-order valence-electron chi connectivity index (χ4n) is 2.78. The van der Waals surface area contributed by atoms with Gasteiger partial charge in [-0.15, -0.1) is 0 Å². The van der Waals surface area contributed by atoms with Crippen LogP contribution in [0, 0.1) is 0 Å². The summed E-state index contributed by atoms with van der Waals surface area (Å²) in [4.78, 5) is 12.5. The highest BCUT2D eigenvalue weighted by molar-refractivity contribution is 9.10. The summed E-state index contributed by atoms with van der Waals surface area (Å²) < 4.78 is 26.3. The van der Waals surface area contributed by atoms with Crippen molar-refractivity contribution in [1.29, 1.82) is 0 Å². The molecule has 1 amide bonds. The van der Waals surface area contributed by atoms with Gasteiger partial charge in [0, 0.05) is 4.47 Å². The summed E-state index contributed by atoms with van der Waals surface area (Å²) in [6.07, 6.45) is 1.09. The quantitative estimate of drug-likeness (QED) is 0.686. The Morgan fingerprint density at radius 2 is 1.61 bits per heavy atom. The summed E-state index contributed by atoms with van der Waals surface area (Å²) in [7, 11) is -3.59. The van der Waals surface area contributed by atoms with Crippen LogP contribution < -0.4 is 9.62 Å². The number of nitrogens with one attached hydrogen (secondary N) is 1. The van der Waals surface area contributed by atoms with E-state index in [1.807, 2.05) is 19.1 Å². The van der Waals surface area contributed by atoms with E-state index in [0.29, 0.717) is 5.69 Å². The Bertz CT molecular complexity index is 918. The number of carbonyl (C=O) groups excluding carboxylic acids is 1. The second-order valence-corrected chi connectivity index (χ2v) is 10.7. The van der Waals surface area contributed by atoms with E-state index in [1.54, 1.807) is 24.3 Å². The van der Waals surface area contributed by atoms with E-state index in [0.717, 1.165) is 20.6 Å². The number of hydrogen-bond donors (Lipinski definition) is 1. The highest BCUT2D eigenvalue weighted by atomic mass is 79.9. The Balaban J connectivity index is 2.11. The number of benzene rings is 2. The van der Waals surface area contributed by atoms with Gasteiger partial charge in [0.2, 0.25) is 15.9 Å². The molecule has 1 N–H and O–H groups in total. The average molecular weight is 467 g/mol. The molecule has 1 atom stereocenters. The Morgan fingerprint density at radius 1 is 1.07 bits per heavy atom. The van der Waals surface area contributed by atoms with Gasteiger partial charge in [-0.1, -0.05) is 61.0 Å². The van der Waals surface area contributed by atoms with E-state index in [9.17, 15) is 13.2 Å². The molecule has 0 fully saturated rings. The van der Waals surface area contributed by atoms with Crippen molar-refractivity contribution in [2.75, 3.05) is 17.1 Å². The minimum Gasteiger partial charge on any atom is -0.348 e. The van der Waals surface area contributed by atoms with Crippen molar-refractivity contribution >= 4 is 37.5 Å². The average Bonchev–Trinajstić information content (AvgIpc) is 2.59. The van der Waals surface area contributed by atoms with Crippen LogP contribution in [0.4, 0.5) is 5.69 Å². The van der Waals surface area contributed by atoms with Gasteiger partial charge in [-0.05, 0) is 47.7 Å². The first-order chi connectivity index (χ1) is 12.9. The highest BCUT2D eigenvalue weighted by Crippen LogP contribution is 2.24. The maximum absolute atomic E-state index is 12.5. The number of carbonyl (C=O) groups is 1. The molecule has 1 unspecified atom stereocenters. The molecule has 0 heterocycles. The van der Waals surface area contributed by atoms with Crippen LogP contribution >= 0.6 is 15.9 Å². The lowest BCUT2D eigenvalue weighted by Crippen LogP contribution is -2.41. The Morgan fingerprint density at radius 3 is 2.07 bits per heavy atom. The van der Waals surface area contributed by atoms with Crippen LogP contribution in [0.2, 0.25) is 0 Å². The highest BCUT2D eigenvalue weighted by Gasteiger charge is 2.22. The number of halogens is 1. The van der Waals surface area contributed by atoms with E-state index in [4.69, 9.17) is 0 Å². The summed E-state index contributed by atoms with van der Waals surface area (Å²) in [5.41, 5.74) is 2.69. The summed E-state index contributed by atoms with van der Waals surface area (Å²) in [5, 5.41) is 2.88. The van der Waals surface area contributed by atoms with E-state index in [-0.39, 0.29) is 23.9 Å². The zero-order valence-corrected chi connectivity index (χ0v) is 19.3. The molecule has 0 aliphatic carbocycles. The summed E-state index contributed by atoms with van der Waals surface area (Å²) >= 11 is 3.32. The van der Waals surface area contributed by atoms with Crippen molar-refractivity contribution < 1.29 is 13.2 Å². The fourth-order valence-corrected chi connectivity index (χ4v) is 3.90. The molecule has 0 aliphatic heterocycles. The van der Waals surface area contributed by atoms with Crippen molar-refractivity contribution in [3.05, 3.63) is 64.1 Å². The summed E-state index contributed by atoms with van der Waals surface area (Å²) in [6.45, 7) is 8.05. The molecule has 2 aromatic rings. The Hall–Kier alpha value is -1.86. The molecule has 7 heteroatoms. The smallest absolute Gasteiger partial charge is 0.241 e. The maximum Gasteiger partial charge on any atom is 0.241 e. The molecular weight excluding hydrogens is 440 g/mol. The lowest BCUT2D eigenvalue weighted by molar-refractivity contribution is -0.120. The number of amides is 1. The van der Waals surface area contributed by atoms with Gasteiger partial charge in [-0.2, -0.15) is 0 Å². The van der Waals surface area contributed by atoms with E-state index in [1.165, 1.54) is 5.56 Å². The van der Waals surface area contributed by atoms with Crippen LogP contribution in [0.5, 0.6) is 0 Å². The Kier molecular flexibility index (Phi) is 6.93. The van der Waals surface area contributed by atoms with Crippen LogP contribution in [0.25, 0.3) is 0 Å². The van der Waals surface area contributed by atoms with Crippen molar-refractivity contribution in [1.82, 2.24) is 5.32 Å². The van der Waals surface area contributed by atoms with Gasteiger partial charge in [0.05, 0.1) is 18.0 Å². The third-order valence-corrected chi connectivity index (χ3v) is 6.13. The molecular formula is C21H27BrN2O3S. The lowest BCUT2D eigenvalue weighted by Gasteiger charge is -2.24. The first kappa shape index (κ1) is 22.4. The van der Waals surface area contributed by atoms with Crippen molar-refractivity contribution in [2.24, 2.45) is 0 Å². The van der Waals surface area contributed by atoms with Gasteiger partial charge >= 0.3 is 0 Å². The molecule has 0 saturated carbocycles. The largest absolute Gasteiger partial charge is 0.348 e. The molecule has 0 radical (unpaired) electrons. The standard InChI is InChI=1S/C21H27BrN2O3S/c1-15(16-6-8-17(9-7-16)21(2,3)4)23-20(25)14-24(28(5,26)27)19-12-10-18(22)11-13-19/h6-13,15H,14H2,1-5H3,(H,23,25). The number of sulfonamides is 1. The predicted octanol–water partition coefficient (Wildman–Crippen LogP) is 4.39. The molecule has 0 spiro atoms. The van der Waals surface area contributed by atoms with Gasteiger partial charge in [0.1, 0.15) is 6.54 Å². The van der Waals surface area contributed by atoms with Gasteiger partial charge < -0.3 is 5.32 Å². The van der Waals surface area contributed by atoms with E-state index < -0.39 is 10.0 Å². The molecule has 2 aromatic carbocycles. The number of anilines is 1. The third-order valence-electron chi connectivity index (χ3n) is 4.46. The zero-order valence-electron chi connectivity index (χ0n) is 16.9. The van der Waals surface area contributed by atoms with Crippen molar-refractivity contribution in [2.45, 2.75) is 39.2 Å². The van der Waals surface area contributed by atoms with Gasteiger partial charge in [0.15, 0.2) is 0 Å². The van der Waals surface area contributed by atoms with Crippen LogP contribution in [0.15, 0.2) is 53.0 Å². The minimum atomic E-state index is -3.59. The number of hydrogen-bond acceptors (Lipinski definition) is 3. The van der Waals surface area contributed by atoms with Crippen LogP contribution in [0.3, 0.4) is 0 Å². The van der Waals surface area contributed by atoms with E-state index >= 15 is 0 Å². The summed E-state index contributed by atoms with van der Waals surface area (Å²) in [5.74, 6) is -0.360. The zero-order chi connectivity index (χ0) is 21.1. The molecule has 152 valence electrons. The van der Waals surface area contributed by atoms with E-state index in [2.05, 4.69) is 54.2 Å². The van der Waals surface area contributed by atoms with Gasteiger partial charge in [0.25, 0.3) is 0 Å². The first-order valence-electron chi connectivity index (χ1n) is 9.01.